The molecule has 2 N–H and O–H groups in total. The molecule has 0 aliphatic carbocycles. The maximum atomic E-state index is 12.1. The van der Waals surface area contributed by atoms with Crippen LogP contribution in [0.5, 0.6) is 5.75 Å². The summed E-state index contributed by atoms with van der Waals surface area (Å²) in [7, 11) is 0. The third-order valence-electron chi connectivity index (χ3n) is 2.80. The largest absolute Gasteiger partial charge is 0.505 e. The summed E-state index contributed by atoms with van der Waals surface area (Å²) in [6, 6.07) is 8.56. The number of halogens is 1. The first-order valence-electron chi connectivity index (χ1n) is 6.02. The molecule has 7 heteroatoms. The van der Waals surface area contributed by atoms with Gasteiger partial charge < -0.3 is 10.4 Å². The smallest absolute Gasteiger partial charge is 0.260 e. The number of hydrogen-bond acceptors (Lipinski definition) is 5. The van der Waals surface area contributed by atoms with Crippen molar-refractivity contribution in [2.24, 2.45) is 0 Å². The first-order chi connectivity index (χ1) is 10.1. The maximum absolute atomic E-state index is 12.1. The Morgan fingerprint density at radius 3 is 2.57 bits per heavy atom. The van der Waals surface area contributed by atoms with Crippen molar-refractivity contribution in [3.63, 3.8) is 0 Å². The monoisotopic (exact) mass is 300 g/mol. The number of para-hydroxylation sites is 2. The van der Waals surface area contributed by atoms with Crippen LogP contribution < -0.4 is 5.32 Å². The van der Waals surface area contributed by atoms with E-state index in [-0.39, 0.29) is 22.3 Å². The van der Waals surface area contributed by atoms with Gasteiger partial charge in [-0.15, -0.1) is 0 Å². The molecule has 0 saturated heterocycles. The number of nitrogens with zero attached hydrogens (tertiary/aromatic N) is 3. The van der Waals surface area contributed by atoms with Crippen molar-refractivity contribution in [2.75, 3.05) is 5.32 Å². The second kappa shape index (κ2) is 5.34. The molecular formula is C14H9ClN4O2. The van der Waals surface area contributed by atoms with Gasteiger partial charge in [-0.2, -0.15) is 0 Å². The number of pyridine rings is 1. The highest BCUT2D eigenvalue weighted by atomic mass is 35.5. The average molecular weight is 301 g/mol. The maximum Gasteiger partial charge on any atom is 0.260 e. The van der Waals surface area contributed by atoms with Gasteiger partial charge >= 0.3 is 0 Å². The van der Waals surface area contributed by atoms with Crippen LogP contribution in [0.2, 0.25) is 5.15 Å². The Balaban J connectivity index is 1.96. The van der Waals surface area contributed by atoms with Crippen molar-refractivity contribution < 1.29 is 9.90 Å². The number of aromatic nitrogens is 3. The Hall–Kier alpha value is -2.73. The van der Waals surface area contributed by atoms with E-state index in [1.165, 1.54) is 18.5 Å². The van der Waals surface area contributed by atoms with E-state index in [9.17, 15) is 9.90 Å². The normalized spacial score (nSPS) is 10.5. The van der Waals surface area contributed by atoms with E-state index in [1.54, 1.807) is 12.1 Å². The first-order valence-corrected chi connectivity index (χ1v) is 6.39. The lowest BCUT2D eigenvalue weighted by atomic mass is 10.2. The molecule has 0 radical (unpaired) electrons. The minimum atomic E-state index is -0.540. The molecule has 21 heavy (non-hydrogen) atoms. The molecule has 1 amide bonds. The molecule has 0 aliphatic rings. The van der Waals surface area contributed by atoms with Crippen molar-refractivity contribution >= 4 is 34.4 Å². The lowest BCUT2D eigenvalue weighted by molar-refractivity contribution is 0.102. The molecule has 104 valence electrons. The molecule has 0 fully saturated rings. The lowest BCUT2D eigenvalue weighted by Crippen LogP contribution is -2.14. The van der Waals surface area contributed by atoms with E-state index >= 15 is 0 Å². The Bertz CT molecular complexity index is 838. The van der Waals surface area contributed by atoms with Gasteiger partial charge in [0.25, 0.3) is 5.91 Å². The van der Waals surface area contributed by atoms with E-state index in [4.69, 9.17) is 11.6 Å². The highest BCUT2D eigenvalue weighted by Gasteiger charge is 2.14. The minimum absolute atomic E-state index is 0.0793. The fourth-order valence-corrected chi connectivity index (χ4v) is 1.99. The quantitative estimate of drug-likeness (QED) is 0.759. The van der Waals surface area contributed by atoms with Gasteiger partial charge in [-0.3, -0.25) is 9.78 Å². The summed E-state index contributed by atoms with van der Waals surface area (Å²) in [4.78, 5) is 24.2. The van der Waals surface area contributed by atoms with Crippen molar-refractivity contribution in [3.05, 3.63) is 53.4 Å². The van der Waals surface area contributed by atoms with Gasteiger partial charge in [-0.05, 0) is 18.2 Å². The van der Waals surface area contributed by atoms with Gasteiger partial charge in [0.15, 0.2) is 11.0 Å². The number of hydrogen-bond donors (Lipinski definition) is 2. The number of nitrogens with one attached hydrogen (secondary N) is 1. The second-order valence-electron chi connectivity index (χ2n) is 4.20. The van der Waals surface area contributed by atoms with Crippen molar-refractivity contribution in [2.45, 2.75) is 0 Å². The van der Waals surface area contributed by atoms with Crippen LogP contribution in [0.15, 0.2) is 42.7 Å². The number of carbonyl (C=O) groups is 1. The summed E-state index contributed by atoms with van der Waals surface area (Å²) < 4.78 is 0. The van der Waals surface area contributed by atoms with Crippen LogP contribution in [0.25, 0.3) is 11.0 Å². The Kier molecular flexibility index (Phi) is 3.37. The Labute approximate surface area is 124 Å². The molecule has 0 aliphatic heterocycles. The first kappa shape index (κ1) is 13.3. The molecule has 2 aromatic heterocycles. The SMILES string of the molecule is O=C(Nc1nc2ccccc2nc1Cl)c1ccncc1O. The summed E-state index contributed by atoms with van der Waals surface area (Å²) in [5.41, 5.74) is 1.32. The minimum Gasteiger partial charge on any atom is -0.505 e. The molecule has 0 bridgehead atoms. The number of amides is 1. The van der Waals surface area contributed by atoms with Gasteiger partial charge in [0, 0.05) is 6.20 Å². The van der Waals surface area contributed by atoms with Crippen LogP contribution in [0.1, 0.15) is 10.4 Å². The molecule has 6 nitrogen and oxygen atoms in total. The van der Waals surface area contributed by atoms with Crippen LogP contribution >= 0.6 is 11.6 Å². The topological polar surface area (TPSA) is 88.0 Å². The van der Waals surface area contributed by atoms with Crippen LogP contribution in [-0.4, -0.2) is 26.0 Å². The third kappa shape index (κ3) is 2.61. The highest BCUT2D eigenvalue weighted by molar-refractivity contribution is 6.32. The third-order valence-corrected chi connectivity index (χ3v) is 3.07. The van der Waals surface area contributed by atoms with Gasteiger partial charge in [-0.25, -0.2) is 9.97 Å². The summed E-state index contributed by atoms with van der Waals surface area (Å²) in [5.74, 6) is -0.627. The fourth-order valence-electron chi connectivity index (χ4n) is 1.81. The number of benzene rings is 1. The summed E-state index contributed by atoms with van der Waals surface area (Å²) >= 11 is 6.01. The highest BCUT2D eigenvalue weighted by Crippen LogP contribution is 2.22. The molecule has 0 saturated carbocycles. The lowest BCUT2D eigenvalue weighted by Gasteiger charge is -2.08. The molecule has 3 rings (SSSR count). The summed E-state index contributed by atoms with van der Waals surface area (Å²) in [6.07, 6.45) is 2.59. The van der Waals surface area contributed by atoms with Crippen molar-refractivity contribution in [3.8, 4) is 5.75 Å². The van der Waals surface area contributed by atoms with Crippen LogP contribution in [0, 0.1) is 0 Å². The zero-order valence-electron chi connectivity index (χ0n) is 10.6. The van der Waals surface area contributed by atoms with Gasteiger partial charge in [-0.1, -0.05) is 23.7 Å². The van der Waals surface area contributed by atoms with Gasteiger partial charge in [0.2, 0.25) is 0 Å². The molecule has 0 spiro atoms. The number of aromatic hydroxyl groups is 1. The predicted molar refractivity (Wildman–Crippen MR) is 78.4 cm³/mol. The second-order valence-corrected chi connectivity index (χ2v) is 4.56. The summed E-state index contributed by atoms with van der Waals surface area (Å²) in [5, 5.41) is 12.2. The average Bonchev–Trinajstić information content (AvgIpc) is 2.48. The molecule has 3 aromatic rings. The Morgan fingerprint density at radius 1 is 1.14 bits per heavy atom. The van der Waals surface area contributed by atoms with Crippen LogP contribution in [-0.2, 0) is 0 Å². The van der Waals surface area contributed by atoms with Crippen molar-refractivity contribution in [1.29, 1.82) is 0 Å². The van der Waals surface area contributed by atoms with E-state index in [2.05, 4.69) is 20.3 Å². The molecule has 0 unspecified atom stereocenters. The van der Waals surface area contributed by atoms with Gasteiger partial charge in [0.1, 0.15) is 5.75 Å². The van der Waals surface area contributed by atoms with E-state index in [0.717, 1.165) is 0 Å². The molecular weight excluding hydrogens is 292 g/mol. The molecule has 0 atom stereocenters. The molecule has 1 aromatic carbocycles. The predicted octanol–water partition coefficient (Wildman–Crippen LogP) is 2.64. The van der Waals surface area contributed by atoms with E-state index in [0.29, 0.717) is 11.0 Å². The number of rotatable bonds is 2. The number of fused-ring (bicyclic) bond motifs is 1. The number of anilines is 1. The fraction of sp³-hybridized carbons (Fsp3) is 0. The van der Waals surface area contributed by atoms with E-state index < -0.39 is 5.91 Å². The standard InChI is InChI=1S/C14H9ClN4O2/c15-12-13(18-10-4-2-1-3-9(10)17-12)19-14(21)8-5-6-16-7-11(8)20/h1-7,20H,(H,18,19,21). The Morgan fingerprint density at radius 2 is 1.86 bits per heavy atom. The van der Waals surface area contributed by atoms with E-state index in [1.807, 2.05) is 12.1 Å². The van der Waals surface area contributed by atoms with Crippen LogP contribution in [0.3, 0.4) is 0 Å². The van der Waals surface area contributed by atoms with Crippen LogP contribution in [0.4, 0.5) is 5.82 Å². The zero-order valence-corrected chi connectivity index (χ0v) is 11.4. The van der Waals surface area contributed by atoms with Crippen molar-refractivity contribution in [1.82, 2.24) is 15.0 Å². The zero-order chi connectivity index (χ0) is 14.8. The summed E-state index contributed by atoms with van der Waals surface area (Å²) in [6.45, 7) is 0. The van der Waals surface area contributed by atoms with Gasteiger partial charge in [0.05, 0.1) is 22.8 Å². The number of carbonyl (C=O) groups excluding carboxylic acids is 1. The molecule has 2 heterocycles.